The van der Waals surface area contributed by atoms with E-state index in [0.29, 0.717) is 17.5 Å². The highest BCUT2D eigenvalue weighted by Crippen LogP contribution is 2.42. The SMILES string of the molecule is c1ccc(-c2nc(-c3cccc(-c4ccc(-c5ccc(-c6ccccc6)c6ccccc56)c5ccccc45)c3)nc(-c3cccc4c3sc3ccccc34)n2)cc1. The summed E-state index contributed by atoms with van der Waals surface area (Å²) in [6.45, 7) is 0. The first-order chi connectivity index (χ1) is 28.3. The fraction of sp³-hybridized carbons (Fsp3) is 0. The summed E-state index contributed by atoms with van der Waals surface area (Å²) in [6.07, 6.45) is 0. The molecule has 0 saturated heterocycles. The fourth-order valence-electron chi connectivity index (χ4n) is 8.28. The van der Waals surface area contributed by atoms with Gasteiger partial charge in [-0.1, -0.05) is 182 Å². The number of aromatic nitrogens is 3. The summed E-state index contributed by atoms with van der Waals surface area (Å²) in [6, 6.07) is 71.1. The van der Waals surface area contributed by atoms with Gasteiger partial charge in [0, 0.05) is 36.9 Å². The quantitative estimate of drug-likeness (QED) is 0.170. The van der Waals surface area contributed by atoms with Crippen LogP contribution in [0.4, 0.5) is 0 Å². The van der Waals surface area contributed by atoms with Crippen molar-refractivity contribution in [2.45, 2.75) is 0 Å². The van der Waals surface area contributed by atoms with Crippen LogP contribution in [0.5, 0.6) is 0 Å². The molecule has 0 atom stereocenters. The van der Waals surface area contributed by atoms with Crippen LogP contribution in [0, 0.1) is 0 Å². The molecule has 11 aromatic rings. The highest BCUT2D eigenvalue weighted by molar-refractivity contribution is 7.26. The molecule has 3 nitrogen and oxygen atoms in total. The Kier molecular flexibility index (Phi) is 8.01. The third-order valence-corrected chi connectivity index (χ3v) is 12.2. The first-order valence-corrected chi connectivity index (χ1v) is 20.0. The number of rotatable bonds is 6. The van der Waals surface area contributed by atoms with Crippen LogP contribution < -0.4 is 0 Å². The van der Waals surface area contributed by atoms with Crippen molar-refractivity contribution in [2.24, 2.45) is 0 Å². The summed E-state index contributed by atoms with van der Waals surface area (Å²) in [5.41, 5.74) is 10.1. The predicted molar refractivity (Wildman–Crippen MR) is 240 cm³/mol. The lowest BCUT2D eigenvalue weighted by Gasteiger charge is -2.16. The maximum atomic E-state index is 5.21. The Morgan fingerprint density at radius 3 is 1.37 bits per heavy atom. The minimum absolute atomic E-state index is 0.643. The van der Waals surface area contributed by atoms with Gasteiger partial charge in [-0.2, -0.15) is 0 Å². The van der Waals surface area contributed by atoms with Gasteiger partial charge in [-0.25, -0.2) is 15.0 Å². The van der Waals surface area contributed by atoms with E-state index in [1.807, 2.05) is 18.2 Å². The molecular weight excluding hydrogens is 711 g/mol. The number of benzene rings is 9. The number of hydrogen-bond acceptors (Lipinski definition) is 4. The molecule has 0 spiro atoms. The average molecular weight is 744 g/mol. The van der Waals surface area contributed by atoms with Crippen LogP contribution in [0.15, 0.2) is 200 Å². The third kappa shape index (κ3) is 5.78. The Bertz CT molecular complexity index is 3300. The number of nitrogens with zero attached hydrogens (tertiary/aromatic N) is 3. The predicted octanol–water partition coefficient (Wildman–Crippen LogP) is 14.5. The van der Waals surface area contributed by atoms with Crippen LogP contribution in [-0.4, -0.2) is 15.0 Å². The van der Waals surface area contributed by atoms with Gasteiger partial charge in [-0.15, -0.1) is 11.3 Å². The molecule has 0 aliphatic heterocycles. The lowest BCUT2D eigenvalue weighted by Crippen LogP contribution is -2.00. The second-order valence-electron chi connectivity index (χ2n) is 14.3. The molecule has 0 saturated carbocycles. The van der Waals surface area contributed by atoms with E-state index in [4.69, 9.17) is 15.0 Å². The van der Waals surface area contributed by atoms with E-state index < -0.39 is 0 Å². The van der Waals surface area contributed by atoms with E-state index >= 15 is 0 Å². The van der Waals surface area contributed by atoms with Crippen LogP contribution in [0.3, 0.4) is 0 Å². The molecular formula is C53H33N3S. The summed E-state index contributed by atoms with van der Waals surface area (Å²) in [5.74, 6) is 1.96. The molecule has 0 amide bonds. The van der Waals surface area contributed by atoms with Gasteiger partial charge in [0.15, 0.2) is 17.5 Å². The fourth-order valence-corrected chi connectivity index (χ4v) is 9.49. The topological polar surface area (TPSA) is 38.7 Å². The molecule has 11 rings (SSSR count). The van der Waals surface area contributed by atoms with E-state index in [-0.39, 0.29) is 0 Å². The van der Waals surface area contributed by atoms with Gasteiger partial charge in [0.25, 0.3) is 0 Å². The van der Waals surface area contributed by atoms with Crippen molar-refractivity contribution in [3.05, 3.63) is 200 Å². The lowest BCUT2D eigenvalue weighted by atomic mass is 9.88. The number of hydrogen-bond donors (Lipinski definition) is 0. The van der Waals surface area contributed by atoms with Gasteiger partial charge < -0.3 is 0 Å². The first kappa shape index (κ1) is 33.1. The molecule has 9 aromatic carbocycles. The molecule has 0 fully saturated rings. The second-order valence-corrected chi connectivity index (χ2v) is 15.4. The van der Waals surface area contributed by atoms with Crippen molar-refractivity contribution in [1.29, 1.82) is 0 Å². The summed E-state index contributed by atoms with van der Waals surface area (Å²) in [5, 5.41) is 7.36. The minimum atomic E-state index is 0.643. The lowest BCUT2D eigenvalue weighted by molar-refractivity contribution is 1.08. The van der Waals surface area contributed by atoms with Crippen molar-refractivity contribution in [3.8, 4) is 67.5 Å². The Hall–Kier alpha value is -7.27. The van der Waals surface area contributed by atoms with Crippen LogP contribution in [0.25, 0.3) is 109 Å². The van der Waals surface area contributed by atoms with E-state index in [1.165, 1.54) is 64.0 Å². The molecule has 4 heteroatoms. The summed E-state index contributed by atoms with van der Waals surface area (Å²) < 4.78 is 2.43. The normalized spacial score (nSPS) is 11.5. The minimum Gasteiger partial charge on any atom is -0.208 e. The Morgan fingerprint density at radius 1 is 0.263 bits per heavy atom. The first-order valence-electron chi connectivity index (χ1n) is 19.2. The maximum Gasteiger partial charge on any atom is 0.165 e. The van der Waals surface area contributed by atoms with Gasteiger partial charge in [0.1, 0.15) is 0 Å². The smallest absolute Gasteiger partial charge is 0.165 e. The van der Waals surface area contributed by atoms with Crippen LogP contribution in [0.1, 0.15) is 0 Å². The summed E-state index contributed by atoms with van der Waals surface area (Å²) in [7, 11) is 0. The van der Waals surface area contributed by atoms with Crippen molar-refractivity contribution < 1.29 is 0 Å². The van der Waals surface area contributed by atoms with Crippen molar-refractivity contribution in [3.63, 3.8) is 0 Å². The van der Waals surface area contributed by atoms with Crippen LogP contribution in [-0.2, 0) is 0 Å². The van der Waals surface area contributed by atoms with Gasteiger partial charge in [-0.3, -0.25) is 0 Å². The monoisotopic (exact) mass is 743 g/mol. The highest BCUT2D eigenvalue weighted by Gasteiger charge is 2.18. The molecule has 2 heterocycles. The van der Waals surface area contributed by atoms with E-state index in [1.54, 1.807) is 11.3 Å². The molecule has 0 unspecified atom stereocenters. The molecule has 0 N–H and O–H groups in total. The zero-order valence-corrected chi connectivity index (χ0v) is 31.6. The van der Waals surface area contributed by atoms with Gasteiger partial charge in [0.05, 0.1) is 0 Å². The maximum absolute atomic E-state index is 5.21. The molecule has 57 heavy (non-hydrogen) atoms. The van der Waals surface area contributed by atoms with Crippen molar-refractivity contribution in [1.82, 2.24) is 15.0 Å². The van der Waals surface area contributed by atoms with Crippen LogP contribution >= 0.6 is 11.3 Å². The van der Waals surface area contributed by atoms with E-state index in [9.17, 15) is 0 Å². The van der Waals surface area contributed by atoms with Crippen molar-refractivity contribution in [2.75, 3.05) is 0 Å². The Labute approximate surface area is 334 Å². The second kappa shape index (κ2) is 13.8. The highest BCUT2D eigenvalue weighted by atomic mass is 32.1. The van der Waals surface area contributed by atoms with E-state index in [0.717, 1.165) is 27.8 Å². The molecule has 0 bridgehead atoms. The standard InChI is InChI=1S/C53H33N3S/c1-3-15-34(16-4-1)38-29-31-44(42-23-9-7-21-40(38)42)45-32-30-39(41-22-8-10-24-43(41)45)36-19-13-20-37(33-36)52-54-51(35-17-5-2-6-18-35)55-53(56-52)48-27-14-26-47-46-25-11-12-28-49(46)57-50(47)48/h1-33H. The largest absolute Gasteiger partial charge is 0.208 e. The van der Waals surface area contributed by atoms with Gasteiger partial charge >= 0.3 is 0 Å². The molecule has 2 aromatic heterocycles. The van der Waals surface area contributed by atoms with Crippen molar-refractivity contribution >= 4 is 53.1 Å². The zero-order valence-electron chi connectivity index (χ0n) is 30.8. The van der Waals surface area contributed by atoms with Gasteiger partial charge in [-0.05, 0) is 73.1 Å². The summed E-state index contributed by atoms with van der Waals surface area (Å²) >= 11 is 1.79. The number of fused-ring (bicyclic) bond motifs is 5. The van der Waals surface area contributed by atoms with Gasteiger partial charge in [0.2, 0.25) is 0 Å². The molecule has 0 radical (unpaired) electrons. The molecule has 266 valence electrons. The Morgan fingerprint density at radius 2 is 0.702 bits per heavy atom. The third-order valence-electron chi connectivity index (χ3n) is 11.0. The number of thiophene rings is 1. The molecule has 0 aliphatic carbocycles. The summed E-state index contributed by atoms with van der Waals surface area (Å²) in [4.78, 5) is 15.4. The van der Waals surface area contributed by atoms with E-state index in [2.05, 4.69) is 182 Å². The zero-order chi connectivity index (χ0) is 37.7. The molecule has 0 aliphatic rings. The average Bonchev–Trinajstić information content (AvgIpc) is 3.68. The van der Waals surface area contributed by atoms with Crippen LogP contribution in [0.2, 0.25) is 0 Å². The Balaban J connectivity index is 1.05.